The highest BCUT2D eigenvalue weighted by molar-refractivity contribution is 7.99. The van der Waals surface area contributed by atoms with Crippen molar-refractivity contribution < 1.29 is 13.9 Å². The van der Waals surface area contributed by atoms with Crippen molar-refractivity contribution in [3.63, 3.8) is 0 Å². The average molecular weight is 269 g/mol. The van der Waals surface area contributed by atoms with E-state index in [1.807, 2.05) is 6.92 Å². The first-order valence-corrected chi connectivity index (χ1v) is 6.52. The van der Waals surface area contributed by atoms with Crippen LogP contribution < -0.4 is 5.73 Å². The van der Waals surface area contributed by atoms with Crippen LogP contribution in [0.2, 0.25) is 0 Å². The molecule has 0 saturated heterocycles. The Balaban J connectivity index is 2.67. The van der Waals surface area contributed by atoms with E-state index in [1.54, 1.807) is 6.08 Å². The molecule has 1 rings (SSSR count). The highest BCUT2D eigenvalue weighted by Gasteiger charge is 2.07. The van der Waals surface area contributed by atoms with Gasteiger partial charge in [-0.05, 0) is 24.6 Å². The maximum Gasteiger partial charge on any atom is 0.333 e. The number of nitrogens with two attached hydrogens (primary N) is 1. The third-order valence-electron chi connectivity index (χ3n) is 2.37. The van der Waals surface area contributed by atoms with E-state index in [0.717, 1.165) is 0 Å². The Morgan fingerprint density at radius 3 is 2.89 bits per heavy atom. The number of carbonyl (C=O) groups excluding carboxylic acids is 1. The van der Waals surface area contributed by atoms with Crippen LogP contribution in [0.3, 0.4) is 0 Å². The summed E-state index contributed by atoms with van der Waals surface area (Å²) in [6, 6.07) is 4.24. The Bertz CT molecular complexity index is 460. The monoisotopic (exact) mass is 269 g/mol. The Morgan fingerprint density at radius 1 is 1.56 bits per heavy atom. The van der Waals surface area contributed by atoms with Gasteiger partial charge >= 0.3 is 5.97 Å². The van der Waals surface area contributed by atoms with Crippen LogP contribution in [0, 0.1) is 5.82 Å². The molecule has 98 valence electrons. The van der Waals surface area contributed by atoms with Gasteiger partial charge < -0.3 is 10.5 Å². The summed E-state index contributed by atoms with van der Waals surface area (Å²) in [5, 5.41) is 0. The van der Waals surface area contributed by atoms with Gasteiger partial charge in [-0.2, -0.15) is 0 Å². The molecule has 0 aliphatic heterocycles. The van der Waals surface area contributed by atoms with Crippen LogP contribution in [-0.4, -0.2) is 18.8 Å². The SMILES string of the molecule is CCC(=CCSc1cc(F)ccc1N)C(=O)OC. The van der Waals surface area contributed by atoms with Gasteiger partial charge in [0, 0.05) is 21.9 Å². The lowest BCUT2D eigenvalue weighted by Crippen LogP contribution is -2.04. The van der Waals surface area contributed by atoms with Crippen molar-refractivity contribution in [1.29, 1.82) is 0 Å². The molecule has 0 spiro atoms. The summed E-state index contributed by atoms with van der Waals surface area (Å²) < 4.78 is 17.7. The van der Waals surface area contributed by atoms with Gasteiger partial charge in [0.2, 0.25) is 0 Å². The number of thioether (sulfide) groups is 1. The molecule has 0 heterocycles. The van der Waals surface area contributed by atoms with Crippen LogP contribution in [0.5, 0.6) is 0 Å². The molecule has 5 heteroatoms. The number of methoxy groups -OCH3 is 1. The topological polar surface area (TPSA) is 52.3 Å². The third-order valence-corrected chi connectivity index (χ3v) is 3.37. The maximum atomic E-state index is 13.0. The molecule has 0 atom stereocenters. The minimum atomic E-state index is -0.328. The van der Waals surface area contributed by atoms with Gasteiger partial charge in [0.05, 0.1) is 7.11 Å². The van der Waals surface area contributed by atoms with Crippen molar-refractivity contribution in [1.82, 2.24) is 0 Å². The molecule has 1 aromatic rings. The third kappa shape index (κ3) is 4.07. The van der Waals surface area contributed by atoms with E-state index < -0.39 is 0 Å². The first kappa shape index (κ1) is 14.6. The normalized spacial score (nSPS) is 11.4. The second-order valence-electron chi connectivity index (χ2n) is 3.57. The standard InChI is InChI=1S/C13H16FNO2S/c1-3-9(13(16)17-2)6-7-18-12-8-10(14)4-5-11(12)15/h4-6,8H,3,7,15H2,1-2H3. The van der Waals surface area contributed by atoms with Crippen molar-refractivity contribution in [2.24, 2.45) is 0 Å². The zero-order valence-corrected chi connectivity index (χ0v) is 11.2. The van der Waals surface area contributed by atoms with Crippen molar-refractivity contribution in [3.8, 4) is 0 Å². The minimum Gasteiger partial charge on any atom is -0.466 e. The second kappa shape index (κ2) is 7.06. The van der Waals surface area contributed by atoms with Crippen molar-refractivity contribution >= 4 is 23.4 Å². The van der Waals surface area contributed by atoms with E-state index in [2.05, 4.69) is 4.74 Å². The number of rotatable bonds is 5. The summed E-state index contributed by atoms with van der Waals surface area (Å²) in [5.74, 6) is -0.101. The molecular formula is C13H16FNO2S. The number of anilines is 1. The van der Waals surface area contributed by atoms with Crippen LogP contribution in [0.15, 0.2) is 34.7 Å². The summed E-state index contributed by atoms with van der Waals surface area (Å²) in [6.07, 6.45) is 2.38. The van der Waals surface area contributed by atoms with Gasteiger partial charge in [0.1, 0.15) is 5.82 Å². The van der Waals surface area contributed by atoms with E-state index in [9.17, 15) is 9.18 Å². The molecule has 0 aliphatic rings. The molecular weight excluding hydrogens is 253 g/mol. The minimum absolute atomic E-state index is 0.320. The van der Waals surface area contributed by atoms with Crippen LogP contribution >= 0.6 is 11.8 Å². The fourth-order valence-corrected chi connectivity index (χ4v) is 2.26. The molecule has 18 heavy (non-hydrogen) atoms. The fraction of sp³-hybridized carbons (Fsp3) is 0.308. The molecule has 0 bridgehead atoms. The molecule has 0 fully saturated rings. The van der Waals surface area contributed by atoms with Crippen LogP contribution in [0.1, 0.15) is 13.3 Å². The highest BCUT2D eigenvalue weighted by Crippen LogP contribution is 2.26. The quantitative estimate of drug-likeness (QED) is 0.386. The van der Waals surface area contributed by atoms with Crippen molar-refractivity contribution in [2.75, 3.05) is 18.6 Å². The van der Waals surface area contributed by atoms with Crippen LogP contribution in [-0.2, 0) is 9.53 Å². The predicted molar refractivity (Wildman–Crippen MR) is 71.9 cm³/mol. The summed E-state index contributed by atoms with van der Waals surface area (Å²) in [4.78, 5) is 12.0. The lowest BCUT2D eigenvalue weighted by molar-refractivity contribution is -0.136. The number of ether oxygens (including phenoxy) is 1. The van der Waals surface area contributed by atoms with Gasteiger partial charge in [0.25, 0.3) is 0 Å². The summed E-state index contributed by atoms with van der Waals surface area (Å²) >= 11 is 1.38. The number of nitrogen functional groups attached to an aromatic ring is 1. The fourth-order valence-electron chi connectivity index (χ4n) is 1.37. The van der Waals surface area contributed by atoms with E-state index in [1.165, 1.54) is 37.1 Å². The Hall–Kier alpha value is -1.49. The average Bonchev–Trinajstić information content (AvgIpc) is 2.37. The van der Waals surface area contributed by atoms with E-state index in [4.69, 9.17) is 5.73 Å². The van der Waals surface area contributed by atoms with Gasteiger partial charge in [-0.25, -0.2) is 9.18 Å². The largest absolute Gasteiger partial charge is 0.466 e. The molecule has 0 radical (unpaired) electrons. The van der Waals surface area contributed by atoms with Crippen molar-refractivity contribution in [3.05, 3.63) is 35.7 Å². The first-order chi connectivity index (χ1) is 8.58. The molecule has 0 unspecified atom stereocenters. The number of carbonyl (C=O) groups is 1. The van der Waals surface area contributed by atoms with E-state index >= 15 is 0 Å². The Kier molecular flexibility index (Phi) is 5.71. The molecule has 1 aromatic carbocycles. The number of hydrogen-bond donors (Lipinski definition) is 1. The van der Waals surface area contributed by atoms with E-state index in [0.29, 0.717) is 28.3 Å². The van der Waals surface area contributed by atoms with Crippen LogP contribution in [0.25, 0.3) is 0 Å². The zero-order chi connectivity index (χ0) is 13.5. The number of halogens is 1. The maximum absolute atomic E-state index is 13.0. The summed E-state index contributed by atoms with van der Waals surface area (Å²) in [7, 11) is 1.35. The predicted octanol–water partition coefficient (Wildman–Crippen LogP) is 3.01. The number of esters is 1. The highest BCUT2D eigenvalue weighted by atomic mass is 32.2. The van der Waals surface area contributed by atoms with Crippen LogP contribution in [0.4, 0.5) is 10.1 Å². The summed E-state index contributed by atoms with van der Waals surface area (Å²) in [5.41, 5.74) is 6.87. The first-order valence-electron chi connectivity index (χ1n) is 5.53. The molecule has 0 aromatic heterocycles. The Morgan fingerprint density at radius 2 is 2.28 bits per heavy atom. The molecule has 0 aliphatic carbocycles. The molecule has 3 nitrogen and oxygen atoms in total. The number of benzene rings is 1. The van der Waals surface area contributed by atoms with Gasteiger partial charge in [0.15, 0.2) is 0 Å². The lowest BCUT2D eigenvalue weighted by atomic mass is 10.2. The lowest BCUT2D eigenvalue weighted by Gasteiger charge is -2.05. The van der Waals surface area contributed by atoms with E-state index in [-0.39, 0.29) is 11.8 Å². The van der Waals surface area contributed by atoms with Gasteiger partial charge in [-0.15, -0.1) is 11.8 Å². The van der Waals surface area contributed by atoms with Gasteiger partial charge in [-0.1, -0.05) is 13.0 Å². The van der Waals surface area contributed by atoms with Gasteiger partial charge in [-0.3, -0.25) is 0 Å². The number of hydrogen-bond acceptors (Lipinski definition) is 4. The second-order valence-corrected chi connectivity index (χ2v) is 4.63. The zero-order valence-electron chi connectivity index (χ0n) is 10.4. The molecule has 0 saturated carbocycles. The summed E-state index contributed by atoms with van der Waals surface area (Å²) in [6.45, 7) is 1.88. The smallest absolute Gasteiger partial charge is 0.333 e. The molecule has 0 amide bonds. The molecule has 2 N–H and O–H groups in total. The Labute approximate surface area is 110 Å². The van der Waals surface area contributed by atoms with Crippen molar-refractivity contribution in [2.45, 2.75) is 18.2 Å².